The molecule has 0 saturated carbocycles. The van der Waals surface area contributed by atoms with Crippen LogP contribution in [0.5, 0.6) is 11.5 Å². The first-order valence-electron chi connectivity index (χ1n) is 11.6. The Labute approximate surface area is 236 Å². The molecule has 0 atom stereocenters. The van der Waals surface area contributed by atoms with Gasteiger partial charge in [0.25, 0.3) is 5.84 Å². The topological polar surface area (TPSA) is 206 Å². The third-order valence-corrected chi connectivity index (χ3v) is 8.41. The molecule has 0 spiro atoms. The van der Waals surface area contributed by atoms with Crippen LogP contribution in [0.2, 0.25) is 10.0 Å². The first kappa shape index (κ1) is 32.2. The number of nitrogens with zero attached hydrogens (tertiary/aromatic N) is 4. The molecule has 13 nitrogen and oxygen atoms in total. The van der Waals surface area contributed by atoms with E-state index >= 15 is 0 Å². The van der Waals surface area contributed by atoms with Gasteiger partial charge in [-0.1, -0.05) is 49.9 Å². The number of benzene rings is 2. The number of halogens is 2. The highest BCUT2D eigenvalue weighted by atomic mass is 35.5. The molecule has 0 radical (unpaired) electrons. The van der Waals surface area contributed by atoms with Gasteiger partial charge in [-0.15, -0.1) is 15.3 Å². The van der Waals surface area contributed by atoms with Gasteiger partial charge in [0.15, 0.2) is 11.5 Å². The van der Waals surface area contributed by atoms with Crippen molar-refractivity contribution < 1.29 is 27.0 Å². The van der Waals surface area contributed by atoms with Crippen LogP contribution in [-0.2, 0) is 20.0 Å². The van der Waals surface area contributed by atoms with Crippen molar-refractivity contribution in [3.63, 3.8) is 0 Å². The molecule has 2 aromatic rings. The van der Waals surface area contributed by atoms with Crippen LogP contribution >= 0.6 is 23.2 Å². The van der Waals surface area contributed by atoms with E-state index in [1.807, 2.05) is 13.8 Å². The summed E-state index contributed by atoms with van der Waals surface area (Å²) in [6, 6.07) is 5.75. The molecule has 0 aliphatic rings. The molecule has 0 heterocycles. The number of phenols is 2. The fourth-order valence-electron chi connectivity index (χ4n) is 2.82. The highest BCUT2D eigenvalue weighted by Gasteiger charge is 2.20. The largest absolute Gasteiger partial charge is 0.504 e. The van der Waals surface area contributed by atoms with Crippen molar-refractivity contribution in [2.75, 3.05) is 18.5 Å². The normalized spacial score (nSPS) is 12.5. The SMILES string of the molecule is CCCCNS(=O)(=O)c1cc(Cl)c(O)c(N=NC(C#N)=NNc2cc(S(=O)(=O)NCCCC)cc(Cl)c2O)c1. The monoisotopic (exact) mass is 619 g/mol. The molecule has 0 aliphatic heterocycles. The van der Waals surface area contributed by atoms with Gasteiger partial charge in [-0.2, -0.15) is 5.26 Å². The zero-order valence-electron chi connectivity index (χ0n) is 20.9. The summed E-state index contributed by atoms with van der Waals surface area (Å²) in [6.45, 7) is 4.19. The lowest BCUT2D eigenvalue weighted by molar-refractivity contribution is 0.476. The highest BCUT2D eigenvalue weighted by molar-refractivity contribution is 7.89. The van der Waals surface area contributed by atoms with E-state index in [1.54, 1.807) is 6.07 Å². The maximum atomic E-state index is 12.5. The number of rotatable bonds is 13. The predicted molar refractivity (Wildman–Crippen MR) is 148 cm³/mol. The van der Waals surface area contributed by atoms with E-state index in [9.17, 15) is 32.3 Å². The third-order valence-electron chi connectivity index (χ3n) is 4.95. The Morgan fingerprint density at radius 2 is 1.41 bits per heavy atom. The average Bonchev–Trinajstić information content (AvgIpc) is 2.88. The van der Waals surface area contributed by atoms with E-state index in [-0.39, 0.29) is 44.3 Å². The van der Waals surface area contributed by atoms with E-state index in [2.05, 4.69) is 30.2 Å². The first-order valence-corrected chi connectivity index (χ1v) is 15.3. The van der Waals surface area contributed by atoms with Crippen LogP contribution in [-0.4, -0.2) is 46.0 Å². The molecule has 2 aromatic carbocycles. The van der Waals surface area contributed by atoms with E-state index in [0.29, 0.717) is 12.8 Å². The minimum atomic E-state index is -3.97. The average molecular weight is 621 g/mol. The van der Waals surface area contributed by atoms with Crippen LogP contribution in [0.25, 0.3) is 0 Å². The fraction of sp³-hybridized carbons (Fsp3) is 0.364. The zero-order valence-corrected chi connectivity index (χ0v) is 24.1. The van der Waals surface area contributed by atoms with Gasteiger partial charge in [-0.25, -0.2) is 26.3 Å². The number of nitriles is 1. The van der Waals surface area contributed by atoms with Crippen LogP contribution in [0.1, 0.15) is 39.5 Å². The lowest BCUT2D eigenvalue weighted by Crippen LogP contribution is -2.24. The van der Waals surface area contributed by atoms with Crippen LogP contribution < -0.4 is 14.9 Å². The summed E-state index contributed by atoms with van der Waals surface area (Å²) >= 11 is 11.9. The molecule has 0 bridgehead atoms. The first-order chi connectivity index (χ1) is 18.4. The van der Waals surface area contributed by atoms with Crippen LogP contribution in [0, 0.1) is 11.3 Å². The van der Waals surface area contributed by atoms with Gasteiger partial charge in [0.05, 0.1) is 19.8 Å². The van der Waals surface area contributed by atoms with Crippen molar-refractivity contribution in [3.8, 4) is 17.6 Å². The van der Waals surface area contributed by atoms with Gasteiger partial charge < -0.3 is 10.2 Å². The van der Waals surface area contributed by atoms with Crippen LogP contribution in [0.3, 0.4) is 0 Å². The number of phenolic OH excluding ortho intramolecular Hbond substituents is 2. The quantitative estimate of drug-likeness (QED) is 0.0533. The van der Waals surface area contributed by atoms with Gasteiger partial charge in [-0.3, -0.25) is 5.43 Å². The second-order valence-electron chi connectivity index (χ2n) is 7.94. The van der Waals surface area contributed by atoms with Gasteiger partial charge in [-0.05, 0) is 37.1 Å². The Hall–Kier alpha value is -3.00. The minimum Gasteiger partial charge on any atom is -0.504 e. The molecule has 17 heteroatoms. The summed E-state index contributed by atoms with van der Waals surface area (Å²) in [7, 11) is -7.92. The van der Waals surface area contributed by atoms with Gasteiger partial charge >= 0.3 is 0 Å². The van der Waals surface area contributed by atoms with Gasteiger partial charge in [0, 0.05) is 13.1 Å². The van der Waals surface area contributed by atoms with Crippen LogP contribution in [0.15, 0.2) is 49.4 Å². The number of hydrazone groups is 1. The van der Waals surface area contributed by atoms with E-state index in [4.69, 9.17) is 23.2 Å². The highest BCUT2D eigenvalue weighted by Crippen LogP contribution is 2.37. The summed E-state index contributed by atoms with van der Waals surface area (Å²) in [5, 5.41) is 40.1. The second-order valence-corrected chi connectivity index (χ2v) is 12.3. The van der Waals surface area contributed by atoms with E-state index in [1.165, 1.54) is 0 Å². The summed E-state index contributed by atoms with van der Waals surface area (Å²) < 4.78 is 54.9. The molecular formula is C22H27Cl2N7O6S2. The number of azo groups is 1. The predicted octanol–water partition coefficient (Wildman–Crippen LogP) is 4.59. The number of nitrogens with one attached hydrogen (secondary N) is 3. The molecule has 212 valence electrons. The zero-order chi connectivity index (χ0) is 29.2. The molecule has 0 amide bonds. The van der Waals surface area contributed by atoms with Crippen molar-refractivity contribution >= 4 is 60.5 Å². The molecule has 0 saturated heterocycles. The van der Waals surface area contributed by atoms with Crippen molar-refractivity contribution in [3.05, 3.63) is 34.3 Å². The number of anilines is 1. The molecule has 39 heavy (non-hydrogen) atoms. The number of hydrogen-bond acceptors (Lipinski definition) is 10. The van der Waals surface area contributed by atoms with E-state index in [0.717, 1.165) is 37.1 Å². The fourth-order valence-corrected chi connectivity index (χ4v) is 5.63. The third kappa shape index (κ3) is 9.02. The number of sulfonamides is 2. The summed E-state index contributed by atoms with van der Waals surface area (Å²) in [5.74, 6) is -1.76. The summed E-state index contributed by atoms with van der Waals surface area (Å²) in [6.07, 6.45) is 2.76. The van der Waals surface area contributed by atoms with Gasteiger partial charge in [0.1, 0.15) is 17.4 Å². The maximum Gasteiger partial charge on any atom is 0.270 e. The Kier molecular flexibility index (Phi) is 11.9. The summed E-state index contributed by atoms with van der Waals surface area (Å²) in [5.41, 5.74) is 1.69. The lowest BCUT2D eigenvalue weighted by Gasteiger charge is -2.11. The molecular weight excluding hydrogens is 593 g/mol. The van der Waals surface area contributed by atoms with Gasteiger partial charge in [0.2, 0.25) is 20.0 Å². The van der Waals surface area contributed by atoms with Crippen molar-refractivity contribution in [1.29, 1.82) is 5.26 Å². The molecule has 0 aromatic heterocycles. The Morgan fingerprint density at radius 3 is 1.92 bits per heavy atom. The van der Waals surface area contributed by atoms with Crippen molar-refractivity contribution in [2.45, 2.75) is 49.3 Å². The van der Waals surface area contributed by atoms with E-state index < -0.39 is 37.4 Å². The molecule has 0 aliphatic carbocycles. The Morgan fingerprint density at radius 1 is 0.897 bits per heavy atom. The molecule has 2 rings (SSSR count). The van der Waals surface area contributed by atoms with Crippen LogP contribution in [0.4, 0.5) is 11.4 Å². The number of hydrogen-bond donors (Lipinski definition) is 5. The molecule has 5 N–H and O–H groups in total. The standard InChI is InChI=1S/C22H27Cl2N7O6S2/c1-3-5-7-26-38(34,35)14-9-16(23)21(32)18(11-14)28-30-20(13-25)31-29-19-12-15(10-17(24)22(19)33)39(36,37)27-8-6-4-2/h9-12,26-28,32-33H,3-8H2,1-2H3. The second kappa shape index (κ2) is 14.4. The molecule has 0 unspecified atom stereocenters. The Balaban J connectivity index is 2.35. The Bertz CT molecular complexity index is 1510. The maximum absolute atomic E-state index is 12.5. The van der Waals surface area contributed by atoms with Crippen molar-refractivity contribution in [2.24, 2.45) is 15.3 Å². The lowest BCUT2D eigenvalue weighted by atomic mass is 10.3. The molecule has 0 fully saturated rings. The smallest absolute Gasteiger partial charge is 0.270 e. The number of amidine groups is 1. The number of unbranched alkanes of at least 4 members (excludes halogenated alkanes) is 2. The summed E-state index contributed by atoms with van der Waals surface area (Å²) in [4.78, 5) is -0.543. The number of aromatic hydroxyl groups is 2. The minimum absolute atomic E-state index is 0.194. The van der Waals surface area contributed by atoms with Crippen molar-refractivity contribution in [1.82, 2.24) is 9.44 Å².